The number of epoxide rings is 1. The topological polar surface area (TPSA) is 202 Å². The van der Waals surface area contributed by atoms with E-state index in [-0.39, 0.29) is 36.7 Å². The van der Waals surface area contributed by atoms with Gasteiger partial charge in [0.15, 0.2) is 19.7 Å². The molecule has 114 heavy (non-hydrogen) atoms. The van der Waals surface area contributed by atoms with Crippen LogP contribution in [0.4, 0.5) is 0 Å². The van der Waals surface area contributed by atoms with Gasteiger partial charge in [0.05, 0.1) is 62.5 Å². The summed E-state index contributed by atoms with van der Waals surface area (Å²) in [6, 6.07) is 17.9. The van der Waals surface area contributed by atoms with Crippen LogP contribution in [-0.2, 0) is 24.4 Å². The smallest absolute Gasteiger partial charge is 0.181 e. The fourth-order valence-corrected chi connectivity index (χ4v) is 33.8. The largest absolute Gasteiger partial charge is 0.400 e. The van der Waals surface area contributed by atoms with Crippen LogP contribution in [0.1, 0.15) is 337 Å². The monoisotopic (exact) mass is 1640 g/mol. The van der Waals surface area contributed by atoms with E-state index in [1.165, 1.54) is 141 Å². The molecular weight excluding hydrogens is 1470 g/mol. The Balaban J connectivity index is 0.000000173. The fourth-order valence-electron chi connectivity index (χ4n) is 30.4. The van der Waals surface area contributed by atoms with Crippen LogP contribution in [0, 0.1) is 157 Å². The normalized spacial score (nSPS) is 43.3. The van der Waals surface area contributed by atoms with E-state index in [1.807, 2.05) is 45.0 Å². The Hall–Kier alpha value is -1.59. The van der Waals surface area contributed by atoms with Gasteiger partial charge in [-0.15, -0.1) is 0 Å². The standard InChI is InChI=1S/C35H56O4S.C30H46O3S.C29H52O2.C5H10O.CH4O.H2S/c1-23(2)32(36)21-27(40(38,39)26-10-8-7-9-11-26)20-24(3)29-14-15-30-28-13-12-25-22-33(4,37)18-19-34(25,5)31(28)16-17-35(29,30)6;1-21(15-19-34(32,33)23-8-6-5-7-9-23)25-12-13-26-24-11-10-22-20-28(2,31)17-18-29(22,3)27(24)14-16-30(25,26)4;1-19(2)26(30)9-7-8-20(3)23-12-13-24-22-11-10-21-18-27(4,31)16-17-28(21,5)25(22)14-15-29(23,24)6;1-4(2)5-3-6-5;1-2;/h7-11,23-25,27-32,36-37H,12-22H2,1-6H3;5-9,21-22,24-27,31H,10-20H2,1-4H3;19-26,30-31H,7-18H2,1-6H3;4-5H,3H2,1-2H3;2H,1H3;1H2/t24-,25+,27?,28+,29-,30+,31+,32-,33+,34+,35-;21-,22+,24+,25-,26+,27+,28+,29+,30-;20-,21+,22+,23-,24+,25+,26-,27+,28+,29-;5-;;/m1111../s1. The molecule has 13 fully saturated rings. The minimum Gasteiger partial charge on any atom is -0.400 e. The molecule has 1 saturated heterocycles. The Morgan fingerprint density at radius 1 is 0.395 bits per heavy atom. The first-order valence-corrected chi connectivity index (χ1v) is 50.3. The average molecular weight is 1640 g/mol. The van der Waals surface area contributed by atoms with E-state index in [0.717, 1.165) is 148 Å². The SMILES string of the molecule is CC(C)[C@H](O)CC(C[C@@H](C)[C@H]1CC[C@H]2[C@@H]3CC[C@H]4C[C@@](C)(O)CC[C@]4(C)[C@H]3CC[C@]12C)S(=O)(=O)c1ccccc1.CC(C)[C@H](O)CCC[C@@H](C)[C@H]1CC[C@H]2[C@@H]3CC[C@H]4C[C@@](C)(O)CC[C@]4(C)[C@H]3CC[C@]12C.CC(C)[C@H]1CO1.CO.C[C@H](CCS(=O)(=O)c1ccccc1)[C@H]1CC[C@H]2[C@@H]3CC[C@H]4C[C@@](C)(O)CC[C@]4(C)[C@H]3CC[C@]12C.S. The number of benzene rings is 2. The lowest BCUT2D eigenvalue weighted by Gasteiger charge is -2.62. The lowest BCUT2D eigenvalue weighted by atomic mass is 9.43. The van der Waals surface area contributed by atoms with Gasteiger partial charge in [0, 0.05) is 7.11 Å². The number of fused-ring (bicyclic) bond motifs is 15. The molecular formula is C100H170O11S3. The van der Waals surface area contributed by atoms with E-state index in [9.17, 15) is 42.4 Å². The number of ether oxygens (including phenoxy) is 1. The third kappa shape index (κ3) is 19.6. The van der Waals surface area contributed by atoms with Crippen LogP contribution in [0.2, 0.25) is 0 Å². The van der Waals surface area contributed by atoms with Gasteiger partial charge in [-0.3, -0.25) is 0 Å². The van der Waals surface area contributed by atoms with E-state index in [0.29, 0.717) is 97.2 Å². The Morgan fingerprint density at radius 2 is 0.737 bits per heavy atom. The molecule has 0 radical (unpaired) electrons. The number of aliphatic hydroxyl groups is 6. The summed E-state index contributed by atoms with van der Waals surface area (Å²) in [5, 5.41) is 59.8. The summed E-state index contributed by atoms with van der Waals surface area (Å²) in [5.41, 5.74) is 1.03. The van der Waals surface area contributed by atoms with E-state index >= 15 is 0 Å². The van der Waals surface area contributed by atoms with Gasteiger partial charge in [0.2, 0.25) is 0 Å². The van der Waals surface area contributed by atoms with Gasteiger partial charge in [-0.2, -0.15) is 13.5 Å². The molecule has 31 atom stereocenters. The Kier molecular flexibility index (Phi) is 30.8. The maximum atomic E-state index is 13.9. The summed E-state index contributed by atoms with van der Waals surface area (Å²) < 4.78 is 58.5. The van der Waals surface area contributed by atoms with E-state index in [4.69, 9.17) is 9.84 Å². The molecule has 0 aromatic heterocycles. The molecule has 14 heteroatoms. The average Bonchev–Trinajstić information content (AvgIpc) is 1.39. The van der Waals surface area contributed by atoms with Gasteiger partial charge in [-0.1, -0.05) is 153 Å². The van der Waals surface area contributed by atoms with Gasteiger partial charge < -0.3 is 35.4 Å². The number of hydrogen-bond donors (Lipinski definition) is 6. The maximum absolute atomic E-state index is 13.9. The van der Waals surface area contributed by atoms with Gasteiger partial charge >= 0.3 is 0 Å². The Bertz CT molecular complexity index is 3600. The van der Waals surface area contributed by atoms with Crippen LogP contribution >= 0.6 is 13.5 Å². The van der Waals surface area contributed by atoms with Crippen molar-refractivity contribution in [3.63, 3.8) is 0 Å². The summed E-state index contributed by atoms with van der Waals surface area (Å²) >= 11 is 0. The van der Waals surface area contributed by atoms with E-state index in [1.54, 1.807) is 36.4 Å². The molecule has 1 aliphatic heterocycles. The van der Waals surface area contributed by atoms with Crippen molar-refractivity contribution in [1.29, 1.82) is 0 Å². The predicted molar refractivity (Wildman–Crippen MR) is 473 cm³/mol. The quantitative estimate of drug-likeness (QED) is 0.0689. The molecule has 15 rings (SSSR count). The number of hydrogen-bond acceptors (Lipinski definition) is 11. The minimum atomic E-state index is -3.53. The second-order valence-electron chi connectivity index (χ2n) is 45.2. The van der Waals surface area contributed by atoms with Crippen LogP contribution in [-0.4, -0.2) is 107 Å². The van der Waals surface area contributed by atoms with Crippen molar-refractivity contribution in [3.8, 4) is 0 Å². The lowest BCUT2D eigenvalue weighted by Crippen LogP contribution is -2.55. The van der Waals surface area contributed by atoms with Crippen LogP contribution in [0.5, 0.6) is 0 Å². The zero-order valence-corrected chi connectivity index (χ0v) is 78.1. The van der Waals surface area contributed by atoms with Crippen LogP contribution in [0.3, 0.4) is 0 Å². The highest BCUT2D eigenvalue weighted by molar-refractivity contribution is 7.92. The maximum Gasteiger partial charge on any atom is 0.181 e. The first-order valence-electron chi connectivity index (χ1n) is 47.1. The van der Waals surface area contributed by atoms with Crippen molar-refractivity contribution in [2.45, 2.75) is 387 Å². The van der Waals surface area contributed by atoms with Gasteiger partial charge in [-0.25, -0.2) is 16.8 Å². The highest BCUT2D eigenvalue weighted by atomic mass is 32.2. The first-order chi connectivity index (χ1) is 52.9. The van der Waals surface area contributed by atoms with E-state index in [2.05, 4.69) is 104 Å². The molecule has 12 aliphatic carbocycles. The number of rotatable bonds is 20. The van der Waals surface area contributed by atoms with Gasteiger partial charge in [0.1, 0.15) is 0 Å². The third-order valence-electron chi connectivity index (χ3n) is 37.5. The molecule has 0 amide bonds. The van der Waals surface area contributed by atoms with E-state index < -0.39 is 47.8 Å². The molecule has 1 heterocycles. The minimum absolute atomic E-state index is 0. The molecule has 2 aromatic rings. The van der Waals surface area contributed by atoms with Crippen LogP contribution in [0.15, 0.2) is 70.5 Å². The molecule has 0 spiro atoms. The summed E-state index contributed by atoms with van der Waals surface area (Å²) in [7, 11) is -5.74. The molecule has 0 bridgehead atoms. The summed E-state index contributed by atoms with van der Waals surface area (Å²) in [6.45, 7) is 42.4. The number of aliphatic hydroxyl groups excluding tert-OH is 3. The van der Waals surface area contributed by atoms with Crippen LogP contribution in [0.25, 0.3) is 0 Å². The molecule has 12 saturated carbocycles. The summed E-state index contributed by atoms with van der Waals surface area (Å²) in [6.07, 6.45) is 38.4. The molecule has 11 nitrogen and oxygen atoms in total. The third-order valence-corrected chi connectivity index (χ3v) is 41.5. The second-order valence-corrected chi connectivity index (χ2v) is 49.6. The predicted octanol–water partition coefficient (Wildman–Crippen LogP) is 22.6. The summed E-state index contributed by atoms with van der Waals surface area (Å²) in [4.78, 5) is 0.852. The zero-order valence-electron chi connectivity index (χ0n) is 75.5. The second kappa shape index (κ2) is 37.1. The number of sulfone groups is 2. The van der Waals surface area contributed by atoms with Crippen molar-refractivity contribution < 1.29 is 52.2 Å². The highest BCUT2D eigenvalue weighted by Crippen LogP contribution is 2.73. The van der Waals surface area contributed by atoms with Crippen molar-refractivity contribution in [2.75, 3.05) is 19.5 Å². The Labute approximate surface area is 704 Å². The van der Waals surface area contributed by atoms with Crippen molar-refractivity contribution in [2.24, 2.45) is 157 Å². The molecule has 1 unspecified atom stereocenters. The summed E-state index contributed by atoms with van der Waals surface area (Å²) in [5.74, 6) is 14.5. The van der Waals surface area contributed by atoms with Crippen LogP contribution < -0.4 is 0 Å². The van der Waals surface area contributed by atoms with Gasteiger partial charge in [0.25, 0.3) is 0 Å². The molecule has 6 N–H and O–H groups in total. The molecule has 13 aliphatic rings. The van der Waals surface area contributed by atoms with Gasteiger partial charge in [-0.05, 0) is 401 Å². The Morgan fingerprint density at radius 3 is 1.08 bits per heavy atom. The molecule has 2 aromatic carbocycles. The lowest BCUT2D eigenvalue weighted by molar-refractivity contribution is -0.148. The fraction of sp³-hybridized carbons (Fsp3) is 0.880. The van der Waals surface area contributed by atoms with Crippen molar-refractivity contribution >= 4 is 33.2 Å². The highest BCUT2D eigenvalue weighted by Gasteiger charge is 2.65. The zero-order chi connectivity index (χ0) is 82.6. The van der Waals surface area contributed by atoms with Crippen molar-refractivity contribution in [1.82, 2.24) is 0 Å². The molecule has 654 valence electrons. The first kappa shape index (κ1) is 94.7. The van der Waals surface area contributed by atoms with Crippen molar-refractivity contribution in [3.05, 3.63) is 60.7 Å².